The highest BCUT2D eigenvalue weighted by atomic mass is 19.4. The van der Waals surface area contributed by atoms with Crippen molar-refractivity contribution in [2.75, 3.05) is 33.7 Å². The van der Waals surface area contributed by atoms with E-state index in [0.717, 1.165) is 12.6 Å². The van der Waals surface area contributed by atoms with Crippen molar-refractivity contribution >= 4 is 11.9 Å². The van der Waals surface area contributed by atoms with Crippen molar-refractivity contribution in [3.8, 4) is 5.75 Å². The lowest BCUT2D eigenvalue weighted by atomic mass is 10.2. The van der Waals surface area contributed by atoms with Gasteiger partial charge in [0.2, 0.25) is 5.91 Å². The second-order valence-electron chi connectivity index (χ2n) is 5.91. The number of hydrogen-bond donors (Lipinski definition) is 1. The minimum absolute atomic E-state index is 0.0280. The molecule has 1 aromatic carbocycles. The molecule has 1 amide bonds. The van der Waals surface area contributed by atoms with E-state index in [-0.39, 0.29) is 5.75 Å². The molecule has 0 aliphatic carbocycles. The summed E-state index contributed by atoms with van der Waals surface area (Å²) in [6, 6.07) is 5.99. The van der Waals surface area contributed by atoms with Gasteiger partial charge in [0.1, 0.15) is 18.8 Å². The third kappa shape index (κ3) is 8.87. The van der Waals surface area contributed by atoms with Crippen molar-refractivity contribution in [1.82, 2.24) is 15.1 Å². The standard InChI is InChI=1S/C17H23F5N4O2/c1-4-23-16(24-9-14(27)26(3)11-17(20,21)22)25(2)10-12-5-7-13(8-6-12)28-15(18)19/h5-8,15H,4,9-11H2,1-3H3,(H,23,24). The fraction of sp³-hybridized carbons (Fsp3) is 0.529. The second-order valence-corrected chi connectivity index (χ2v) is 5.91. The maximum atomic E-state index is 12.4. The number of guanidine groups is 1. The maximum absolute atomic E-state index is 12.4. The predicted molar refractivity (Wildman–Crippen MR) is 94.2 cm³/mol. The number of nitrogens with zero attached hydrogens (tertiary/aromatic N) is 3. The Labute approximate surface area is 160 Å². The van der Waals surface area contributed by atoms with E-state index in [2.05, 4.69) is 15.0 Å². The van der Waals surface area contributed by atoms with Crippen molar-refractivity contribution in [3.63, 3.8) is 0 Å². The monoisotopic (exact) mass is 410 g/mol. The van der Waals surface area contributed by atoms with Crippen molar-refractivity contribution < 1.29 is 31.5 Å². The maximum Gasteiger partial charge on any atom is 0.406 e. The molecule has 0 radical (unpaired) electrons. The van der Waals surface area contributed by atoms with Crippen molar-refractivity contribution in [1.29, 1.82) is 0 Å². The van der Waals surface area contributed by atoms with E-state index in [1.807, 2.05) is 0 Å². The summed E-state index contributed by atoms with van der Waals surface area (Å²) >= 11 is 0. The van der Waals surface area contributed by atoms with Crippen LogP contribution in [0.2, 0.25) is 0 Å². The van der Waals surface area contributed by atoms with Crippen LogP contribution in [0.4, 0.5) is 22.0 Å². The van der Waals surface area contributed by atoms with Gasteiger partial charge in [-0.15, -0.1) is 0 Å². The molecule has 0 unspecified atom stereocenters. The first-order chi connectivity index (χ1) is 13.0. The zero-order chi connectivity index (χ0) is 21.3. The Balaban J connectivity index is 2.73. The fourth-order valence-electron chi connectivity index (χ4n) is 2.22. The first-order valence-electron chi connectivity index (χ1n) is 8.35. The molecule has 0 bridgehead atoms. The third-order valence-corrected chi connectivity index (χ3v) is 3.47. The summed E-state index contributed by atoms with van der Waals surface area (Å²) in [6.45, 7) is -2.09. The Bertz CT molecular complexity index is 650. The molecule has 0 saturated heterocycles. The van der Waals surface area contributed by atoms with Gasteiger partial charge in [-0.25, -0.2) is 4.99 Å². The van der Waals surface area contributed by atoms with E-state index in [1.54, 1.807) is 31.0 Å². The van der Waals surface area contributed by atoms with Crippen molar-refractivity contribution in [2.24, 2.45) is 4.99 Å². The molecule has 0 spiro atoms. The summed E-state index contributed by atoms with van der Waals surface area (Å²) in [6.07, 6.45) is -4.48. The van der Waals surface area contributed by atoms with Gasteiger partial charge < -0.3 is 19.9 Å². The topological polar surface area (TPSA) is 57.2 Å². The molecular formula is C17H23F5N4O2. The summed E-state index contributed by atoms with van der Waals surface area (Å²) in [5, 5.41) is 2.94. The van der Waals surface area contributed by atoms with Crippen LogP contribution >= 0.6 is 0 Å². The highest BCUT2D eigenvalue weighted by Gasteiger charge is 2.31. The average Bonchev–Trinajstić information content (AvgIpc) is 2.58. The molecule has 0 heterocycles. The Hall–Kier alpha value is -2.59. The van der Waals surface area contributed by atoms with Crippen LogP contribution in [-0.4, -0.2) is 68.2 Å². The largest absolute Gasteiger partial charge is 0.435 e. The van der Waals surface area contributed by atoms with Crippen molar-refractivity contribution in [3.05, 3.63) is 29.8 Å². The number of halogens is 5. The van der Waals surface area contributed by atoms with E-state index in [1.165, 1.54) is 12.1 Å². The van der Waals surface area contributed by atoms with Crippen molar-refractivity contribution in [2.45, 2.75) is 26.3 Å². The highest BCUT2D eigenvalue weighted by molar-refractivity contribution is 5.84. The molecule has 158 valence electrons. The van der Waals surface area contributed by atoms with Crippen LogP contribution < -0.4 is 10.1 Å². The molecular weight excluding hydrogens is 387 g/mol. The Morgan fingerprint density at radius 3 is 2.29 bits per heavy atom. The van der Waals surface area contributed by atoms with Gasteiger partial charge in [0, 0.05) is 27.2 Å². The molecule has 1 N–H and O–H groups in total. The first kappa shape index (κ1) is 23.4. The number of hydrogen-bond acceptors (Lipinski definition) is 3. The number of benzene rings is 1. The quantitative estimate of drug-likeness (QED) is 0.407. The first-order valence-corrected chi connectivity index (χ1v) is 8.35. The zero-order valence-electron chi connectivity index (χ0n) is 15.8. The van der Waals surface area contributed by atoms with Crippen LogP contribution in [-0.2, 0) is 11.3 Å². The van der Waals surface area contributed by atoms with Gasteiger partial charge in [0.15, 0.2) is 5.96 Å². The number of carbonyl (C=O) groups excluding carboxylic acids is 1. The molecule has 1 rings (SSSR count). The normalized spacial score (nSPS) is 12.1. The van der Waals surface area contributed by atoms with Crippen LogP contribution in [0.25, 0.3) is 0 Å². The molecule has 0 aliphatic rings. The fourth-order valence-corrected chi connectivity index (χ4v) is 2.22. The van der Waals surface area contributed by atoms with Gasteiger partial charge in [-0.2, -0.15) is 22.0 Å². The average molecular weight is 410 g/mol. The Morgan fingerprint density at radius 2 is 1.79 bits per heavy atom. The Kier molecular flexibility index (Phi) is 8.93. The number of nitrogens with one attached hydrogen (secondary N) is 1. The predicted octanol–water partition coefficient (Wildman–Crippen LogP) is 2.71. The summed E-state index contributed by atoms with van der Waals surface area (Å²) < 4.78 is 65.7. The number of alkyl halides is 5. The number of amides is 1. The summed E-state index contributed by atoms with van der Waals surface area (Å²) in [7, 11) is 2.74. The van der Waals surface area contributed by atoms with E-state index >= 15 is 0 Å². The number of carbonyl (C=O) groups is 1. The molecule has 0 fully saturated rings. The number of aliphatic imine (C=N–C) groups is 1. The molecule has 6 nitrogen and oxygen atoms in total. The van der Waals surface area contributed by atoms with Crippen LogP contribution in [0.15, 0.2) is 29.3 Å². The van der Waals surface area contributed by atoms with E-state index in [4.69, 9.17) is 0 Å². The van der Waals surface area contributed by atoms with Crippen LogP contribution in [0.3, 0.4) is 0 Å². The lowest BCUT2D eigenvalue weighted by Gasteiger charge is -2.23. The second kappa shape index (κ2) is 10.7. The molecule has 0 saturated carbocycles. The third-order valence-electron chi connectivity index (χ3n) is 3.47. The minimum atomic E-state index is -4.48. The molecule has 11 heteroatoms. The van der Waals surface area contributed by atoms with Gasteiger partial charge in [-0.3, -0.25) is 4.79 Å². The summed E-state index contributed by atoms with van der Waals surface area (Å²) in [5.41, 5.74) is 0.759. The van der Waals surface area contributed by atoms with Gasteiger partial charge in [-0.05, 0) is 24.6 Å². The SMILES string of the molecule is CCNC(=NCC(=O)N(C)CC(F)(F)F)N(C)Cc1ccc(OC(F)F)cc1. The molecule has 1 aromatic rings. The summed E-state index contributed by atoms with van der Waals surface area (Å²) in [4.78, 5) is 18.1. The summed E-state index contributed by atoms with van der Waals surface area (Å²) in [5.74, 6) is -0.418. The lowest BCUT2D eigenvalue weighted by Crippen LogP contribution is -2.41. The van der Waals surface area contributed by atoms with Gasteiger partial charge >= 0.3 is 12.8 Å². The highest BCUT2D eigenvalue weighted by Crippen LogP contribution is 2.16. The Morgan fingerprint density at radius 1 is 1.18 bits per heavy atom. The van der Waals surface area contributed by atoms with Crippen LogP contribution in [0.5, 0.6) is 5.75 Å². The van der Waals surface area contributed by atoms with E-state index in [9.17, 15) is 26.7 Å². The smallest absolute Gasteiger partial charge is 0.406 e. The zero-order valence-corrected chi connectivity index (χ0v) is 15.8. The lowest BCUT2D eigenvalue weighted by molar-refractivity contribution is -0.157. The van der Waals surface area contributed by atoms with Crippen LogP contribution in [0.1, 0.15) is 12.5 Å². The number of ether oxygens (including phenoxy) is 1. The van der Waals surface area contributed by atoms with E-state index in [0.29, 0.717) is 23.9 Å². The molecule has 0 aliphatic heterocycles. The number of likely N-dealkylation sites (N-methyl/N-ethyl adjacent to an activating group) is 1. The molecule has 28 heavy (non-hydrogen) atoms. The molecule has 0 aromatic heterocycles. The van der Waals surface area contributed by atoms with Gasteiger partial charge in [0.05, 0.1) is 0 Å². The van der Waals surface area contributed by atoms with Gasteiger partial charge in [-0.1, -0.05) is 12.1 Å². The molecule has 0 atom stereocenters. The van der Waals surface area contributed by atoms with E-state index < -0.39 is 31.8 Å². The van der Waals surface area contributed by atoms with Crippen LogP contribution in [0, 0.1) is 0 Å². The van der Waals surface area contributed by atoms with Gasteiger partial charge in [0.25, 0.3) is 0 Å². The minimum Gasteiger partial charge on any atom is -0.435 e. The number of rotatable bonds is 8.